The van der Waals surface area contributed by atoms with Gasteiger partial charge in [-0.1, -0.05) is 84.1 Å². The molecule has 0 saturated heterocycles. The van der Waals surface area contributed by atoms with Crippen LogP contribution in [0.2, 0.25) is 0 Å². The van der Waals surface area contributed by atoms with Crippen molar-refractivity contribution in [1.29, 1.82) is 0 Å². The van der Waals surface area contributed by atoms with E-state index < -0.39 is 10.9 Å². The lowest BCUT2D eigenvalue weighted by Gasteiger charge is -2.06. The molecule has 10 heteroatoms. The van der Waals surface area contributed by atoms with E-state index in [0.717, 1.165) is 32.9 Å². The summed E-state index contributed by atoms with van der Waals surface area (Å²) >= 11 is 1.32. The number of carbonyl (C=O) groups is 1. The van der Waals surface area contributed by atoms with Gasteiger partial charge in [0.15, 0.2) is 0 Å². The Hall–Kier alpha value is -5.35. The Morgan fingerprint density at radius 2 is 1.51 bits per heavy atom. The fourth-order valence-electron chi connectivity index (χ4n) is 4.25. The summed E-state index contributed by atoms with van der Waals surface area (Å²) in [5, 5.41) is 25.6. The Morgan fingerprint density at radius 3 is 2.17 bits per heavy atom. The Kier molecular flexibility index (Phi) is 8.12. The van der Waals surface area contributed by atoms with Gasteiger partial charge in [-0.05, 0) is 41.0 Å². The third kappa shape index (κ3) is 6.29. The molecule has 5 aromatic rings. The molecule has 5 rings (SSSR count). The highest BCUT2D eigenvalue weighted by molar-refractivity contribution is 7.19. The van der Waals surface area contributed by atoms with Gasteiger partial charge in [-0.2, -0.15) is 5.10 Å². The third-order valence-corrected chi connectivity index (χ3v) is 7.33. The molecule has 0 fully saturated rings. The predicted molar refractivity (Wildman–Crippen MR) is 160 cm³/mol. The highest BCUT2D eigenvalue weighted by atomic mass is 32.1. The Labute approximate surface area is 239 Å². The summed E-state index contributed by atoms with van der Waals surface area (Å²) < 4.78 is 5.30. The lowest BCUT2D eigenvalue weighted by molar-refractivity contribution is -0.385. The van der Waals surface area contributed by atoms with E-state index in [-0.39, 0.29) is 23.4 Å². The zero-order chi connectivity index (χ0) is 28.8. The van der Waals surface area contributed by atoms with Gasteiger partial charge >= 0.3 is 5.97 Å². The van der Waals surface area contributed by atoms with E-state index in [1.807, 2.05) is 78.9 Å². The summed E-state index contributed by atoms with van der Waals surface area (Å²) in [6.07, 6.45) is -0.232. The molecule has 0 aliphatic carbocycles. The first kappa shape index (κ1) is 27.2. The monoisotopic (exact) mass is 564 g/mol. The van der Waals surface area contributed by atoms with Crippen molar-refractivity contribution in [2.24, 2.45) is 5.10 Å². The number of nitro benzene ring substituents is 1. The quantitative estimate of drug-likeness (QED) is 0.105. The molecule has 0 atom stereocenters. The van der Waals surface area contributed by atoms with Crippen LogP contribution >= 0.6 is 11.3 Å². The van der Waals surface area contributed by atoms with Gasteiger partial charge in [-0.3, -0.25) is 15.5 Å². The number of ether oxygens (including phenoxy) is 1. The lowest BCUT2D eigenvalue weighted by atomic mass is 10.0. The topological polar surface area (TPSA) is 127 Å². The van der Waals surface area contributed by atoms with Gasteiger partial charge in [0.25, 0.3) is 5.69 Å². The number of benzene rings is 4. The SMILES string of the molecule is COc1ccc(-c2sc(NN=C(Cc3ccccc3[N+](=O)[O-])C(=O)O)nc2-c2ccc(-c3ccccc3)cc2)cc1. The van der Waals surface area contributed by atoms with E-state index in [1.165, 1.54) is 29.5 Å². The maximum atomic E-state index is 12.0. The van der Waals surface area contributed by atoms with Crippen LogP contribution in [0.25, 0.3) is 32.8 Å². The number of methoxy groups -OCH3 is 1. The summed E-state index contributed by atoms with van der Waals surface area (Å²) in [5.41, 5.74) is 7.22. The van der Waals surface area contributed by atoms with Crippen molar-refractivity contribution in [3.63, 3.8) is 0 Å². The average molecular weight is 565 g/mol. The van der Waals surface area contributed by atoms with Crippen molar-refractivity contribution in [2.45, 2.75) is 6.42 Å². The molecule has 1 aromatic heterocycles. The number of para-hydroxylation sites is 1. The van der Waals surface area contributed by atoms with Gasteiger partial charge in [0.05, 0.1) is 22.6 Å². The largest absolute Gasteiger partial charge is 0.497 e. The fourth-order valence-corrected chi connectivity index (χ4v) is 5.19. The Balaban J connectivity index is 1.49. The number of nitro groups is 1. The van der Waals surface area contributed by atoms with Gasteiger partial charge in [0, 0.05) is 23.6 Å². The van der Waals surface area contributed by atoms with Crippen LogP contribution in [0.4, 0.5) is 10.8 Å². The minimum absolute atomic E-state index is 0.168. The van der Waals surface area contributed by atoms with E-state index in [2.05, 4.69) is 10.5 Å². The van der Waals surface area contributed by atoms with Crippen molar-refractivity contribution < 1.29 is 19.6 Å². The number of rotatable bonds is 10. The van der Waals surface area contributed by atoms with Crippen LogP contribution in [0, 0.1) is 10.1 Å². The number of hydrogen-bond donors (Lipinski definition) is 2. The molecule has 2 N–H and O–H groups in total. The van der Waals surface area contributed by atoms with E-state index in [4.69, 9.17) is 9.72 Å². The number of nitrogens with zero attached hydrogens (tertiary/aromatic N) is 3. The third-order valence-electron chi connectivity index (χ3n) is 6.32. The van der Waals surface area contributed by atoms with Crippen LogP contribution in [-0.4, -0.2) is 33.8 Å². The van der Waals surface area contributed by atoms with Crippen LogP contribution in [0.1, 0.15) is 5.56 Å². The number of carboxylic acid groups (broad SMARTS) is 1. The molecule has 0 unspecified atom stereocenters. The van der Waals surface area contributed by atoms with Gasteiger partial charge in [0.2, 0.25) is 5.13 Å². The number of aromatic nitrogens is 1. The average Bonchev–Trinajstić information content (AvgIpc) is 3.44. The Morgan fingerprint density at radius 1 is 0.902 bits per heavy atom. The summed E-state index contributed by atoms with van der Waals surface area (Å²) in [5.74, 6) is -0.574. The molecule has 9 nitrogen and oxygen atoms in total. The molecule has 0 aliphatic heterocycles. The second-order valence-corrected chi connectivity index (χ2v) is 9.91. The standard InChI is InChI=1S/C31H24N4O5S/c1-40-25-17-15-23(16-18-25)29-28(22-13-11-21(12-14-22)20-7-3-2-4-8-20)32-31(41-29)34-33-26(30(36)37)19-24-9-5-6-10-27(24)35(38)39/h2-18H,19H2,1H3,(H,32,34)(H,36,37). The predicted octanol–water partition coefficient (Wildman–Crippen LogP) is 7.16. The van der Waals surface area contributed by atoms with E-state index in [0.29, 0.717) is 10.8 Å². The summed E-state index contributed by atoms with van der Waals surface area (Å²) in [6, 6.07) is 31.7. The van der Waals surface area contributed by atoms with Gasteiger partial charge in [0.1, 0.15) is 11.5 Å². The highest BCUT2D eigenvalue weighted by Crippen LogP contribution is 2.40. The van der Waals surface area contributed by atoms with Crippen molar-refractivity contribution in [3.05, 3.63) is 119 Å². The first-order valence-electron chi connectivity index (χ1n) is 12.5. The van der Waals surface area contributed by atoms with Crippen molar-refractivity contribution in [1.82, 2.24) is 4.98 Å². The summed E-state index contributed by atoms with van der Waals surface area (Å²) in [4.78, 5) is 28.4. The Bertz CT molecular complexity index is 1720. The minimum atomic E-state index is -1.29. The van der Waals surface area contributed by atoms with Crippen molar-refractivity contribution in [2.75, 3.05) is 12.5 Å². The number of hydrogen-bond acceptors (Lipinski definition) is 8. The molecule has 4 aromatic carbocycles. The maximum absolute atomic E-state index is 12.0. The second kappa shape index (κ2) is 12.2. The van der Waals surface area contributed by atoms with Crippen LogP contribution in [0.5, 0.6) is 5.75 Å². The number of thiazole rings is 1. The number of carboxylic acids is 1. The fraction of sp³-hybridized carbons (Fsp3) is 0.0645. The molecule has 204 valence electrons. The molecule has 41 heavy (non-hydrogen) atoms. The summed E-state index contributed by atoms with van der Waals surface area (Å²) in [7, 11) is 1.60. The second-order valence-electron chi connectivity index (χ2n) is 8.91. The molecular formula is C31H24N4O5S. The molecule has 0 aliphatic rings. The smallest absolute Gasteiger partial charge is 0.352 e. The molecular weight excluding hydrogens is 540 g/mol. The number of aliphatic carboxylic acids is 1. The van der Waals surface area contributed by atoms with Crippen molar-refractivity contribution >= 4 is 33.8 Å². The molecule has 0 radical (unpaired) electrons. The van der Waals surface area contributed by atoms with E-state index >= 15 is 0 Å². The normalized spacial score (nSPS) is 11.2. The number of nitrogens with one attached hydrogen (secondary N) is 1. The number of anilines is 1. The molecule has 0 spiro atoms. The molecule has 1 heterocycles. The van der Waals surface area contributed by atoms with E-state index in [9.17, 15) is 20.0 Å². The summed E-state index contributed by atoms with van der Waals surface area (Å²) in [6.45, 7) is 0. The van der Waals surface area contributed by atoms with Crippen LogP contribution in [0.3, 0.4) is 0 Å². The zero-order valence-corrected chi connectivity index (χ0v) is 22.7. The highest BCUT2D eigenvalue weighted by Gasteiger charge is 2.20. The first-order valence-corrected chi connectivity index (χ1v) is 13.3. The number of hydrazone groups is 1. The van der Waals surface area contributed by atoms with Gasteiger partial charge in [-0.25, -0.2) is 9.78 Å². The van der Waals surface area contributed by atoms with Crippen LogP contribution < -0.4 is 10.2 Å². The lowest BCUT2D eigenvalue weighted by Crippen LogP contribution is -2.18. The zero-order valence-electron chi connectivity index (χ0n) is 21.9. The van der Waals surface area contributed by atoms with Crippen LogP contribution in [0.15, 0.2) is 108 Å². The van der Waals surface area contributed by atoms with Gasteiger partial charge < -0.3 is 9.84 Å². The minimum Gasteiger partial charge on any atom is -0.497 e. The van der Waals surface area contributed by atoms with Crippen molar-refractivity contribution in [3.8, 4) is 38.6 Å². The maximum Gasteiger partial charge on any atom is 0.352 e. The van der Waals surface area contributed by atoms with E-state index in [1.54, 1.807) is 13.2 Å². The molecule has 0 bridgehead atoms. The first-order chi connectivity index (χ1) is 19.9. The van der Waals surface area contributed by atoms with Gasteiger partial charge in [-0.15, -0.1) is 0 Å². The molecule has 0 saturated carbocycles. The van der Waals surface area contributed by atoms with Crippen LogP contribution in [-0.2, 0) is 11.2 Å². The molecule has 0 amide bonds.